The molecule has 0 heterocycles. The van der Waals surface area contributed by atoms with Gasteiger partial charge in [-0.25, -0.2) is 0 Å². The molecule has 2 nitrogen and oxygen atoms in total. The zero-order valence-corrected chi connectivity index (χ0v) is 14.2. The number of hydrogen-bond acceptors (Lipinski definition) is 1. The van der Waals surface area contributed by atoms with Gasteiger partial charge in [-0.3, -0.25) is 6.79 Å². The zero-order valence-electron chi connectivity index (χ0n) is 11.9. The summed E-state index contributed by atoms with van der Waals surface area (Å²) in [4.78, 5) is 7.75. The van der Waals surface area contributed by atoms with Crippen molar-refractivity contribution in [1.29, 1.82) is 0 Å². The number of rotatable bonds is 4. The van der Waals surface area contributed by atoms with Gasteiger partial charge in [0.05, 0.1) is 0 Å². The summed E-state index contributed by atoms with van der Waals surface area (Å²) >= 11 is 1.82. The van der Waals surface area contributed by atoms with Gasteiger partial charge in [0, 0.05) is 0 Å². The zero-order chi connectivity index (χ0) is 15.2. The Morgan fingerprint density at radius 1 is 0.950 bits per heavy atom. The first kappa shape index (κ1) is 19.4. The SMILES string of the molecule is [CH-]=O.[Cl][Ru+2].[H-].[NH-]CCP(c1ccccc1)c1ccccc1. The second-order valence-corrected chi connectivity index (χ2v) is 5.91. The van der Waals surface area contributed by atoms with E-state index in [1.165, 1.54) is 10.6 Å². The summed E-state index contributed by atoms with van der Waals surface area (Å²) in [7, 11) is 4.23. The van der Waals surface area contributed by atoms with Crippen LogP contribution in [0, 0.1) is 0 Å². The van der Waals surface area contributed by atoms with Gasteiger partial charge in [-0.2, -0.15) is 0 Å². The minimum Gasteiger partial charge on any atom is -1.00 e. The summed E-state index contributed by atoms with van der Waals surface area (Å²) in [6, 6.07) is 21.1. The van der Waals surface area contributed by atoms with E-state index in [1.54, 1.807) is 0 Å². The largest absolute Gasteiger partial charge is 1.00 e. The molecule has 0 aliphatic rings. The Kier molecular flexibility index (Phi) is 13.0. The normalized spacial score (nSPS) is 8.95. The average molecular weight is 395 g/mol. The van der Waals surface area contributed by atoms with Gasteiger partial charge in [-0.1, -0.05) is 60.7 Å². The van der Waals surface area contributed by atoms with Gasteiger partial charge in [0.2, 0.25) is 0 Å². The van der Waals surface area contributed by atoms with E-state index >= 15 is 0 Å². The van der Waals surface area contributed by atoms with Crippen molar-refractivity contribution in [2.24, 2.45) is 0 Å². The molecular weight excluding hydrogens is 378 g/mol. The molecule has 0 saturated carbocycles. The molecule has 20 heavy (non-hydrogen) atoms. The Labute approximate surface area is 137 Å². The summed E-state index contributed by atoms with van der Waals surface area (Å²) in [5.74, 6) is 0. The summed E-state index contributed by atoms with van der Waals surface area (Å²) in [5.41, 5.74) is 7.45. The standard InChI is InChI=1S/C14H15NP.CHO.ClH.Ru.H/c15-11-12-16(13-7-3-1-4-8-13)14-9-5-2-6-10-14;1-2;;;/h1-10,15H,11-12H2;1H;1H;;/q2*-1;;+3;-1/p-1. The molecule has 0 unspecified atom stereocenters. The molecule has 0 fully saturated rings. The fraction of sp³-hybridized carbons (Fsp3) is 0.133. The molecule has 0 spiro atoms. The van der Waals surface area contributed by atoms with Crippen LogP contribution in [0.3, 0.4) is 0 Å². The van der Waals surface area contributed by atoms with Crippen LogP contribution in [0.25, 0.3) is 5.73 Å². The minimum atomic E-state index is -0.338. The van der Waals surface area contributed by atoms with E-state index in [-0.39, 0.29) is 9.35 Å². The molecule has 5 heteroatoms. The fourth-order valence-corrected chi connectivity index (χ4v) is 3.84. The van der Waals surface area contributed by atoms with E-state index in [4.69, 9.17) is 10.5 Å². The van der Waals surface area contributed by atoms with E-state index in [1.807, 2.05) is 29.4 Å². The average Bonchev–Trinajstić information content (AvgIpc) is 2.58. The van der Waals surface area contributed by atoms with Gasteiger partial charge in [0.15, 0.2) is 0 Å². The first-order chi connectivity index (χ1) is 9.92. The van der Waals surface area contributed by atoms with Crippen molar-refractivity contribution in [3.8, 4) is 0 Å². The van der Waals surface area contributed by atoms with Crippen LogP contribution < -0.4 is 10.6 Å². The van der Waals surface area contributed by atoms with Gasteiger partial charge in [0.25, 0.3) is 0 Å². The Morgan fingerprint density at radius 2 is 1.30 bits per heavy atom. The van der Waals surface area contributed by atoms with Crippen molar-refractivity contribution in [3.63, 3.8) is 0 Å². The van der Waals surface area contributed by atoms with Crippen LogP contribution in [0.4, 0.5) is 0 Å². The molecule has 0 amide bonds. The Morgan fingerprint density at radius 3 is 1.60 bits per heavy atom. The maximum atomic E-state index is 7.75. The third-order valence-electron chi connectivity index (χ3n) is 2.47. The number of halogens is 1. The third-order valence-corrected chi connectivity index (χ3v) is 4.98. The molecule has 0 saturated heterocycles. The van der Waals surface area contributed by atoms with Crippen molar-refractivity contribution in [1.82, 2.24) is 0 Å². The van der Waals surface area contributed by atoms with Gasteiger partial charge < -0.3 is 12.0 Å². The third kappa shape index (κ3) is 6.72. The number of benzene rings is 2. The van der Waals surface area contributed by atoms with Gasteiger partial charge >= 0.3 is 27.0 Å². The molecule has 1 N–H and O–H groups in total. The van der Waals surface area contributed by atoms with Gasteiger partial charge in [-0.05, 0) is 24.7 Å². The molecule has 2 aromatic rings. The first-order valence-corrected chi connectivity index (χ1v) is 9.57. The van der Waals surface area contributed by atoms with Crippen molar-refractivity contribution >= 4 is 35.0 Å². The molecule has 0 aliphatic carbocycles. The summed E-state index contributed by atoms with van der Waals surface area (Å²) in [6.45, 7) is 3.75. The molecular formula is C15H17ClNOPRu-. The van der Waals surface area contributed by atoms with Crippen molar-refractivity contribution < 1.29 is 23.5 Å². The van der Waals surface area contributed by atoms with Crippen LogP contribution in [-0.2, 0) is 22.1 Å². The predicted octanol–water partition coefficient (Wildman–Crippen LogP) is 3.70. The van der Waals surface area contributed by atoms with E-state index < -0.39 is 0 Å². The van der Waals surface area contributed by atoms with E-state index in [9.17, 15) is 0 Å². The second-order valence-electron chi connectivity index (χ2n) is 3.57. The van der Waals surface area contributed by atoms with Crippen LogP contribution in [0.15, 0.2) is 60.7 Å². The molecule has 109 valence electrons. The fourth-order valence-electron chi connectivity index (χ4n) is 1.73. The first-order valence-electron chi connectivity index (χ1n) is 5.81. The van der Waals surface area contributed by atoms with Crippen molar-refractivity contribution in [3.05, 3.63) is 66.4 Å². The topological polar surface area (TPSA) is 40.9 Å². The van der Waals surface area contributed by atoms with Crippen LogP contribution >= 0.6 is 17.6 Å². The monoisotopic (exact) mass is 395 g/mol. The molecule has 0 atom stereocenters. The van der Waals surface area contributed by atoms with E-state index in [0.29, 0.717) is 6.54 Å². The Balaban J connectivity index is 0. The molecule has 2 aromatic carbocycles. The number of nitrogens with one attached hydrogen (secondary N) is 1. The molecule has 0 aromatic heterocycles. The molecule has 0 radical (unpaired) electrons. The maximum absolute atomic E-state index is 7.75. The Bertz CT molecular complexity index is 410. The van der Waals surface area contributed by atoms with Crippen molar-refractivity contribution in [2.45, 2.75) is 0 Å². The summed E-state index contributed by atoms with van der Waals surface area (Å²) in [6.07, 6.45) is 0.948. The second kappa shape index (κ2) is 13.4. The molecule has 0 aliphatic heterocycles. The predicted molar refractivity (Wildman–Crippen MR) is 86.8 cm³/mol. The van der Waals surface area contributed by atoms with Gasteiger partial charge in [0.1, 0.15) is 0 Å². The molecule has 0 bridgehead atoms. The van der Waals surface area contributed by atoms with Crippen LogP contribution in [-0.4, -0.2) is 19.5 Å². The quantitative estimate of drug-likeness (QED) is 0.337. The smallest absolute Gasteiger partial charge is 0.0196 e. The van der Waals surface area contributed by atoms with Gasteiger partial charge in [-0.15, -0.1) is 6.54 Å². The summed E-state index contributed by atoms with van der Waals surface area (Å²) in [5, 5.41) is 2.74. The van der Waals surface area contributed by atoms with E-state index in [0.717, 1.165) is 6.16 Å². The van der Waals surface area contributed by atoms with Crippen LogP contribution in [0.2, 0.25) is 0 Å². The Hall–Kier alpha value is -0.587. The maximum Gasteiger partial charge on any atom is -0.0196 e. The van der Waals surface area contributed by atoms with Crippen molar-refractivity contribution in [2.75, 3.05) is 12.7 Å². The molecule has 2 rings (SSSR count). The van der Waals surface area contributed by atoms with Crippen LogP contribution in [0.5, 0.6) is 0 Å². The minimum absolute atomic E-state index is 0. The number of hydrogen-bond donors (Lipinski definition) is 0. The van der Waals surface area contributed by atoms with Crippen LogP contribution in [0.1, 0.15) is 1.43 Å². The van der Waals surface area contributed by atoms with E-state index in [2.05, 4.69) is 65.0 Å². The number of carbonyl (C=O) groups excluding carboxylic acids is 1. The summed E-state index contributed by atoms with van der Waals surface area (Å²) < 4.78 is 0.